The van der Waals surface area contributed by atoms with E-state index in [9.17, 15) is 9.59 Å². The molecular weight excluding hydrogens is 354 g/mol. The zero-order valence-electron chi connectivity index (χ0n) is 16.2. The third-order valence-electron chi connectivity index (χ3n) is 5.43. The summed E-state index contributed by atoms with van der Waals surface area (Å²) in [7, 11) is 1.65. The highest BCUT2D eigenvalue weighted by molar-refractivity contribution is 6.11. The molecule has 1 atom stereocenters. The predicted octanol–water partition coefficient (Wildman–Crippen LogP) is 3.03. The average molecular weight is 379 g/mol. The Bertz CT molecular complexity index is 877. The van der Waals surface area contributed by atoms with Gasteiger partial charge in [0.2, 0.25) is 11.8 Å². The van der Waals surface area contributed by atoms with Gasteiger partial charge in [-0.25, -0.2) is 0 Å². The van der Waals surface area contributed by atoms with E-state index in [1.165, 1.54) is 0 Å². The summed E-state index contributed by atoms with van der Waals surface area (Å²) in [6, 6.07) is 15.5. The summed E-state index contributed by atoms with van der Waals surface area (Å²) >= 11 is 0. The average Bonchev–Trinajstić information content (AvgIpc) is 3.56. The first kappa shape index (κ1) is 18.5. The summed E-state index contributed by atoms with van der Waals surface area (Å²) in [5.74, 6) is 0.622. The van der Waals surface area contributed by atoms with Gasteiger partial charge in [0.15, 0.2) is 0 Å². The fraction of sp³-hybridized carbons (Fsp3) is 0.364. The van der Waals surface area contributed by atoms with E-state index in [0.717, 1.165) is 29.8 Å². The Labute approximate surface area is 165 Å². The van der Waals surface area contributed by atoms with Gasteiger partial charge in [-0.3, -0.25) is 19.4 Å². The van der Waals surface area contributed by atoms with E-state index in [0.29, 0.717) is 18.3 Å². The number of benzene rings is 2. The van der Waals surface area contributed by atoms with Crippen molar-refractivity contribution in [1.82, 2.24) is 4.90 Å². The number of rotatable bonds is 6. The number of nitrogens with one attached hydrogen (secondary N) is 1. The van der Waals surface area contributed by atoms with Gasteiger partial charge in [0.05, 0.1) is 24.5 Å². The van der Waals surface area contributed by atoms with Crippen LogP contribution >= 0.6 is 0 Å². The van der Waals surface area contributed by atoms with Gasteiger partial charge < -0.3 is 10.1 Å². The van der Waals surface area contributed by atoms with E-state index in [-0.39, 0.29) is 24.4 Å². The molecule has 1 fully saturated rings. The topological polar surface area (TPSA) is 61.9 Å². The predicted molar refractivity (Wildman–Crippen MR) is 108 cm³/mol. The molecule has 1 aliphatic carbocycles. The van der Waals surface area contributed by atoms with Crippen LogP contribution in [0.1, 0.15) is 25.3 Å². The van der Waals surface area contributed by atoms with Crippen LogP contribution in [0.4, 0.5) is 11.4 Å². The first-order chi connectivity index (χ1) is 13.6. The van der Waals surface area contributed by atoms with Crippen molar-refractivity contribution in [2.75, 3.05) is 23.9 Å². The fourth-order valence-corrected chi connectivity index (χ4v) is 3.73. The molecule has 0 radical (unpaired) electrons. The molecule has 0 unspecified atom stereocenters. The second kappa shape index (κ2) is 7.64. The van der Waals surface area contributed by atoms with Gasteiger partial charge >= 0.3 is 0 Å². The van der Waals surface area contributed by atoms with Gasteiger partial charge in [-0.15, -0.1) is 0 Å². The fourth-order valence-electron chi connectivity index (χ4n) is 3.73. The van der Waals surface area contributed by atoms with Gasteiger partial charge in [0.25, 0.3) is 0 Å². The molecule has 0 saturated heterocycles. The number of methoxy groups -OCH3 is 1. The second-order valence-corrected chi connectivity index (χ2v) is 7.42. The molecule has 4 rings (SSSR count). The number of hydrogen-bond donors (Lipinski definition) is 1. The molecule has 0 bridgehead atoms. The third-order valence-corrected chi connectivity index (χ3v) is 5.43. The Balaban J connectivity index is 1.55. The molecule has 6 nitrogen and oxygen atoms in total. The molecule has 28 heavy (non-hydrogen) atoms. The van der Waals surface area contributed by atoms with Crippen molar-refractivity contribution < 1.29 is 14.3 Å². The van der Waals surface area contributed by atoms with Crippen molar-refractivity contribution in [3.63, 3.8) is 0 Å². The Morgan fingerprint density at radius 1 is 1.21 bits per heavy atom. The van der Waals surface area contributed by atoms with Crippen molar-refractivity contribution >= 4 is 23.2 Å². The maximum Gasteiger partial charge on any atom is 0.244 e. The Morgan fingerprint density at radius 2 is 1.93 bits per heavy atom. The van der Waals surface area contributed by atoms with E-state index < -0.39 is 0 Å². The van der Waals surface area contributed by atoms with Crippen LogP contribution in [0.5, 0.6) is 5.75 Å². The molecule has 146 valence electrons. The molecule has 1 aliphatic heterocycles. The number of anilines is 2. The SMILES string of the molecule is COc1ccc(CN(C2CC2)[C@H](C)C(=O)N2CC(=O)Nc3ccccc32)cc1. The van der Waals surface area contributed by atoms with Crippen LogP contribution in [0.15, 0.2) is 48.5 Å². The van der Waals surface area contributed by atoms with E-state index in [1.54, 1.807) is 12.0 Å². The maximum absolute atomic E-state index is 13.4. The van der Waals surface area contributed by atoms with Crippen molar-refractivity contribution in [2.24, 2.45) is 0 Å². The summed E-state index contributed by atoms with van der Waals surface area (Å²) < 4.78 is 5.23. The summed E-state index contributed by atoms with van der Waals surface area (Å²) in [5, 5.41) is 2.84. The van der Waals surface area contributed by atoms with Crippen LogP contribution in [0, 0.1) is 0 Å². The van der Waals surface area contributed by atoms with Crippen LogP contribution < -0.4 is 15.0 Å². The smallest absolute Gasteiger partial charge is 0.244 e. The Kier molecular flexibility index (Phi) is 5.05. The monoisotopic (exact) mass is 379 g/mol. The largest absolute Gasteiger partial charge is 0.497 e. The molecule has 1 N–H and O–H groups in total. The first-order valence-corrected chi connectivity index (χ1v) is 9.66. The molecule has 2 aliphatic rings. The van der Waals surface area contributed by atoms with Gasteiger partial charge in [0.1, 0.15) is 12.3 Å². The van der Waals surface area contributed by atoms with Crippen molar-refractivity contribution in [2.45, 2.75) is 38.4 Å². The van der Waals surface area contributed by atoms with Crippen LogP contribution in [-0.2, 0) is 16.1 Å². The molecular formula is C22H25N3O3. The van der Waals surface area contributed by atoms with Gasteiger partial charge in [-0.05, 0) is 49.6 Å². The summed E-state index contributed by atoms with van der Waals surface area (Å²) in [6.45, 7) is 2.70. The lowest BCUT2D eigenvalue weighted by atomic mass is 10.1. The molecule has 1 saturated carbocycles. The third kappa shape index (κ3) is 3.73. The zero-order valence-corrected chi connectivity index (χ0v) is 16.2. The summed E-state index contributed by atoms with van der Waals surface area (Å²) in [6.07, 6.45) is 2.20. The quantitative estimate of drug-likeness (QED) is 0.838. The number of carbonyl (C=O) groups is 2. The highest BCUT2D eigenvalue weighted by atomic mass is 16.5. The molecule has 0 spiro atoms. The molecule has 2 amide bonds. The minimum absolute atomic E-state index is 0.0392. The van der Waals surface area contributed by atoms with Crippen LogP contribution in [0.3, 0.4) is 0 Å². The number of nitrogens with zero attached hydrogens (tertiary/aromatic N) is 2. The van der Waals surface area contributed by atoms with Crippen molar-refractivity contribution in [3.05, 3.63) is 54.1 Å². The van der Waals surface area contributed by atoms with Crippen LogP contribution in [-0.4, -0.2) is 42.5 Å². The highest BCUT2D eigenvalue weighted by Gasteiger charge is 2.38. The van der Waals surface area contributed by atoms with E-state index >= 15 is 0 Å². The minimum atomic E-state index is -0.312. The zero-order chi connectivity index (χ0) is 19.7. The molecule has 6 heteroatoms. The van der Waals surface area contributed by atoms with Crippen LogP contribution in [0.25, 0.3) is 0 Å². The Morgan fingerprint density at radius 3 is 2.61 bits per heavy atom. The minimum Gasteiger partial charge on any atom is -0.497 e. The van der Waals surface area contributed by atoms with Crippen molar-refractivity contribution in [3.8, 4) is 5.75 Å². The van der Waals surface area contributed by atoms with Crippen molar-refractivity contribution in [1.29, 1.82) is 0 Å². The van der Waals surface area contributed by atoms with Gasteiger partial charge in [-0.2, -0.15) is 0 Å². The number of para-hydroxylation sites is 2. The normalized spacial score (nSPS) is 17.1. The summed E-state index contributed by atoms with van der Waals surface area (Å²) in [5.41, 5.74) is 2.59. The number of ether oxygens (including phenoxy) is 1. The summed E-state index contributed by atoms with van der Waals surface area (Å²) in [4.78, 5) is 29.3. The standard InChI is InChI=1S/C22H25N3O3/c1-15(22(27)25-14-21(26)23-19-5-3-4-6-20(19)25)24(17-9-10-17)13-16-7-11-18(28-2)12-8-16/h3-8,11-12,15,17H,9-10,13-14H2,1-2H3,(H,23,26)/t15-/m1/s1. The molecule has 2 aromatic carbocycles. The number of carbonyl (C=O) groups excluding carboxylic acids is 2. The van der Waals surface area contributed by atoms with Crippen LogP contribution in [0.2, 0.25) is 0 Å². The van der Waals surface area contributed by atoms with E-state index in [1.807, 2.05) is 55.5 Å². The van der Waals surface area contributed by atoms with E-state index in [4.69, 9.17) is 4.74 Å². The molecule has 0 aromatic heterocycles. The maximum atomic E-state index is 13.4. The number of hydrogen-bond acceptors (Lipinski definition) is 4. The van der Waals surface area contributed by atoms with Gasteiger partial charge in [0, 0.05) is 12.6 Å². The van der Waals surface area contributed by atoms with Gasteiger partial charge in [-0.1, -0.05) is 24.3 Å². The molecule has 2 aromatic rings. The second-order valence-electron chi connectivity index (χ2n) is 7.42. The highest BCUT2D eigenvalue weighted by Crippen LogP contribution is 2.33. The lowest BCUT2D eigenvalue weighted by Crippen LogP contribution is -2.51. The lowest BCUT2D eigenvalue weighted by molar-refractivity contribution is -0.125. The number of fused-ring (bicyclic) bond motifs is 1. The lowest BCUT2D eigenvalue weighted by Gasteiger charge is -2.35. The number of amides is 2. The Hall–Kier alpha value is -2.86. The van der Waals surface area contributed by atoms with E-state index in [2.05, 4.69) is 10.2 Å². The first-order valence-electron chi connectivity index (χ1n) is 9.66. The molecule has 1 heterocycles.